The number of fused-ring (bicyclic) bond motifs is 2. The van der Waals surface area contributed by atoms with Gasteiger partial charge in [-0.1, -0.05) is 12.1 Å². The first-order chi connectivity index (χ1) is 18.5. The molecule has 2 aliphatic heterocycles. The molecule has 3 atom stereocenters. The van der Waals surface area contributed by atoms with Crippen LogP contribution in [0.4, 0.5) is 11.6 Å². The maximum absolute atomic E-state index is 10.9. The highest BCUT2D eigenvalue weighted by molar-refractivity contribution is 5.99. The summed E-state index contributed by atoms with van der Waals surface area (Å²) in [6, 6.07) is 12.6. The van der Waals surface area contributed by atoms with Crippen LogP contribution in [0.25, 0.3) is 33.2 Å². The van der Waals surface area contributed by atoms with E-state index in [0.717, 1.165) is 52.9 Å². The van der Waals surface area contributed by atoms with Crippen LogP contribution in [0.5, 0.6) is 0 Å². The number of rotatable bonds is 6. The molecular formula is C28H30N8O2. The minimum atomic E-state index is -0.577. The Morgan fingerprint density at radius 1 is 1.13 bits per heavy atom. The predicted molar refractivity (Wildman–Crippen MR) is 146 cm³/mol. The Balaban J connectivity index is 1.11. The second-order valence-electron chi connectivity index (χ2n) is 10.3. The van der Waals surface area contributed by atoms with Gasteiger partial charge in [-0.05, 0) is 49.1 Å². The van der Waals surface area contributed by atoms with Crippen LogP contribution in [0, 0.1) is 0 Å². The molecule has 0 saturated carbocycles. The Labute approximate surface area is 219 Å². The van der Waals surface area contributed by atoms with Crippen molar-refractivity contribution < 1.29 is 9.84 Å². The Morgan fingerprint density at radius 2 is 2.00 bits per heavy atom. The highest BCUT2D eigenvalue weighted by atomic mass is 16.5. The van der Waals surface area contributed by atoms with Crippen molar-refractivity contribution in [3.63, 3.8) is 0 Å². The number of aliphatic hydroxyl groups is 1. The molecule has 7 rings (SSSR count). The van der Waals surface area contributed by atoms with Gasteiger partial charge in [-0.2, -0.15) is 5.10 Å². The average Bonchev–Trinajstić information content (AvgIpc) is 3.58. The highest BCUT2D eigenvalue weighted by Crippen LogP contribution is 2.38. The third-order valence-electron chi connectivity index (χ3n) is 7.78. The average molecular weight is 511 g/mol. The van der Waals surface area contributed by atoms with E-state index in [1.807, 2.05) is 30.1 Å². The molecule has 38 heavy (non-hydrogen) atoms. The van der Waals surface area contributed by atoms with Crippen LogP contribution in [0.15, 0.2) is 55.1 Å². The van der Waals surface area contributed by atoms with Crippen LogP contribution >= 0.6 is 0 Å². The summed E-state index contributed by atoms with van der Waals surface area (Å²) in [6.07, 6.45) is 7.28. The number of nitrogen functional groups attached to an aromatic ring is 1. The predicted octanol–water partition coefficient (Wildman–Crippen LogP) is 3.45. The highest BCUT2D eigenvalue weighted by Gasteiger charge is 2.36. The normalized spacial score (nSPS) is 21.4. The fraction of sp³-hybridized carbons (Fsp3) is 0.357. The molecule has 10 heteroatoms. The third kappa shape index (κ3) is 3.97. The fourth-order valence-corrected chi connectivity index (χ4v) is 5.56. The first kappa shape index (κ1) is 23.1. The molecule has 4 aromatic heterocycles. The number of pyridine rings is 1. The first-order valence-corrected chi connectivity index (χ1v) is 13.1. The molecule has 0 bridgehead atoms. The van der Waals surface area contributed by atoms with E-state index in [1.54, 1.807) is 4.68 Å². The molecule has 2 aliphatic rings. The Kier molecular flexibility index (Phi) is 5.52. The van der Waals surface area contributed by atoms with E-state index < -0.39 is 6.10 Å². The lowest BCUT2D eigenvalue weighted by atomic mass is 10.0. The lowest BCUT2D eigenvalue weighted by Crippen LogP contribution is -2.37. The van der Waals surface area contributed by atoms with Crippen molar-refractivity contribution in [2.24, 2.45) is 7.05 Å². The molecule has 194 valence electrons. The van der Waals surface area contributed by atoms with Crippen molar-refractivity contribution in [1.82, 2.24) is 29.3 Å². The number of hydrogen-bond acceptors (Lipinski definition) is 8. The maximum Gasteiger partial charge on any atom is 0.148 e. The summed E-state index contributed by atoms with van der Waals surface area (Å²) in [5.41, 5.74) is 10.8. The summed E-state index contributed by atoms with van der Waals surface area (Å²) < 4.78 is 10.1. The largest absolute Gasteiger partial charge is 0.390 e. The van der Waals surface area contributed by atoms with Crippen LogP contribution in [-0.4, -0.2) is 59.7 Å². The summed E-state index contributed by atoms with van der Waals surface area (Å²) in [5, 5.41) is 17.4. The summed E-state index contributed by atoms with van der Waals surface area (Å²) in [5.74, 6) is 1.44. The van der Waals surface area contributed by atoms with Crippen LogP contribution in [0.1, 0.15) is 31.1 Å². The van der Waals surface area contributed by atoms with Gasteiger partial charge in [0.25, 0.3) is 0 Å². The smallest absolute Gasteiger partial charge is 0.148 e. The lowest BCUT2D eigenvalue weighted by molar-refractivity contribution is -0.0203. The van der Waals surface area contributed by atoms with E-state index in [9.17, 15) is 5.11 Å². The van der Waals surface area contributed by atoms with Crippen LogP contribution < -0.4 is 10.6 Å². The van der Waals surface area contributed by atoms with Gasteiger partial charge in [0.2, 0.25) is 0 Å². The minimum absolute atomic E-state index is 0.286. The number of aromatic nitrogens is 6. The van der Waals surface area contributed by atoms with E-state index in [0.29, 0.717) is 24.3 Å². The standard InChI is InChI=1S/C28H30N8O2/c1-34-12-9-20(33-34)19-15-36(28-26(19)27(29)30-16-31-28)25-14-22(37)23(38-25)7-4-17-3-5-18-6-8-24(32-21(18)13-17)35-10-2-11-35/h3,5-6,8-9,12-13,15-16,22-23,25,37H,2,4,7,10-11,14H2,1H3,(H2,29,30,31)/t22-,23+,25+/m0/s1. The van der Waals surface area contributed by atoms with E-state index in [2.05, 4.69) is 50.3 Å². The Bertz CT molecular complexity index is 1640. The Morgan fingerprint density at radius 3 is 2.79 bits per heavy atom. The molecular weight excluding hydrogens is 480 g/mol. The molecule has 0 unspecified atom stereocenters. The van der Waals surface area contributed by atoms with Gasteiger partial charge >= 0.3 is 0 Å². The number of aliphatic hydroxyl groups excluding tert-OH is 1. The molecule has 0 amide bonds. The van der Waals surface area contributed by atoms with Gasteiger partial charge in [0.05, 0.1) is 28.8 Å². The van der Waals surface area contributed by atoms with Crippen molar-refractivity contribution in [1.29, 1.82) is 0 Å². The molecule has 3 N–H and O–H groups in total. The number of nitrogens with zero attached hydrogens (tertiary/aromatic N) is 7. The molecule has 6 heterocycles. The molecule has 0 radical (unpaired) electrons. The zero-order valence-corrected chi connectivity index (χ0v) is 21.2. The van der Waals surface area contributed by atoms with Crippen molar-refractivity contribution >= 4 is 33.6 Å². The third-order valence-corrected chi connectivity index (χ3v) is 7.78. The summed E-state index contributed by atoms with van der Waals surface area (Å²) in [4.78, 5) is 15.9. The molecule has 10 nitrogen and oxygen atoms in total. The number of nitrogens with two attached hydrogens (primary N) is 1. The van der Waals surface area contributed by atoms with Crippen molar-refractivity contribution in [3.05, 3.63) is 60.7 Å². The van der Waals surface area contributed by atoms with Crippen molar-refractivity contribution in [3.8, 4) is 11.3 Å². The number of hydrogen-bond donors (Lipinski definition) is 2. The van der Waals surface area contributed by atoms with Gasteiger partial charge in [0, 0.05) is 49.9 Å². The molecule has 1 aromatic carbocycles. The summed E-state index contributed by atoms with van der Waals surface area (Å²) in [6.45, 7) is 2.16. The van der Waals surface area contributed by atoms with Gasteiger partial charge in [-0.3, -0.25) is 4.68 Å². The second-order valence-corrected chi connectivity index (χ2v) is 10.3. The minimum Gasteiger partial charge on any atom is -0.390 e. The quantitative estimate of drug-likeness (QED) is 0.356. The Hall–Kier alpha value is -4.02. The number of ether oxygens (including phenoxy) is 1. The molecule has 0 spiro atoms. The van der Waals surface area contributed by atoms with Gasteiger partial charge < -0.3 is 25.0 Å². The second kappa shape index (κ2) is 9.07. The maximum atomic E-state index is 10.9. The number of anilines is 2. The van der Waals surface area contributed by atoms with Crippen molar-refractivity contribution in [2.75, 3.05) is 23.7 Å². The van der Waals surface area contributed by atoms with Gasteiger partial charge in [-0.25, -0.2) is 15.0 Å². The van der Waals surface area contributed by atoms with E-state index in [1.165, 1.54) is 18.3 Å². The van der Waals surface area contributed by atoms with E-state index >= 15 is 0 Å². The SMILES string of the molecule is Cn1ccc(-c2cn([C@H]3C[C@H](O)[C@@H](CCc4ccc5ccc(N6CCC6)nc5c4)O3)c3ncnc(N)c23)n1. The van der Waals surface area contributed by atoms with Crippen LogP contribution in [-0.2, 0) is 18.2 Å². The summed E-state index contributed by atoms with van der Waals surface area (Å²) in [7, 11) is 1.88. The summed E-state index contributed by atoms with van der Waals surface area (Å²) >= 11 is 0. The van der Waals surface area contributed by atoms with Gasteiger partial charge in [-0.15, -0.1) is 0 Å². The molecule has 2 fully saturated rings. The van der Waals surface area contributed by atoms with Crippen molar-refractivity contribution in [2.45, 2.75) is 44.1 Å². The number of benzene rings is 1. The van der Waals surface area contributed by atoms with Gasteiger partial charge in [0.1, 0.15) is 29.8 Å². The zero-order chi connectivity index (χ0) is 25.8. The van der Waals surface area contributed by atoms with E-state index in [-0.39, 0.29) is 12.3 Å². The number of aryl methyl sites for hydroxylation is 2. The first-order valence-electron chi connectivity index (χ1n) is 13.1. The molecule has 0 aliphatic carbocycles. The van der Waals surface area contributed by atoms with E-state index in [4.69, 9.17) is 15.5 Å². The van der Waals surface area contributed by atoms with Gasteiger partial charge in [0.15, 0.2) is 0 Å². The topological polar surface area (TPSA) is 120 Å². The lowest BCUT2D eigenvalue weighted by Gasteiger charge is -2.32. The molecule has 5 aromatic rings. The monoisotopic (exact) mass is 510 g/mol. The zero-order valence-electron chi connectivity index (χ0n) is 21.2. The van der Waals surface area contributed by atoms with Crippen LogP contribution in [0.3, 0.4) is 0 Å². The van der Waals surface area contributed by atoms with Crippen LogP contribution in [0.2, 0.25) is 0 Å². The fourth-order valence-electron chi connectivity index (χ4n) is 5.56. The molecule has 2 saturated heterocycles.